The van der Waals surface area contributed by atoms with Crippen molar-refractivity contribution in [2.24, 2.45) is 5.73 Å². The number of nitrogens with two attached hydrogens (primary N) is 1. The van der Waals surface area contributed by atoms with Crippen LogP contribution in [0.2, 0.25) is 0 Å². The third-order valence-corrected chi connectivity index (χ3v) is 1.72. The summed E-state index contributed by atoms with van der Waals surface area (Å²) < 4.78 is 4.94. The van der Waals surface area contributed by atoms with Crippen molar-refractivity contribution in [3.63, 3.8) is 0 Å². The highest BCUT2D eigenvalue weighted by Gasteiger charge is 2.11. The Kier molecular flexibility index (Phi) is 1.40. The number of aromatic nitrogens is 1. The van der Waals surface area contributed by atoms with Crippen molar-refractivity contribution < 1.29 is 4.52 Å². The van der Waals surface area contributed by atoms with Crippen molar-refractivity contribution >= 4 is 6.08 Å². The second-order valence-electron chi connectivity index (χ2n) is 2.46. The maximum atomic E-state index is 5.45. The molecular weight excluding hydrogens is 142 g/mol. The monoisotopic (exact) mass is 151 g/mol. The zero-order valence-electron chi connectivity index (χ0n) is 6.03. The standard InChI is InChI=1S/C7H9N3O/c8-5-10-2-1-7-6(4-10)3-9-11-7/h1-3H,4-5,8H2. The van der Waals surface area contributed by atoms with E-state index in [0.717, 1.165) is 17.9 Å². The maximum absolute atomic E-state index is 5.45. The summed E-state index contributed by atoms with van der Waals surface area (Å²) in [6, 6.07) is 0. The van der Waals surface area contributed by atoms with Gasteiger partial charge in [0.15, 0.2) is 5.76 Å². The van der Waals surface area contributed by atoms with Crippen molar-refractivity contribution in [1.82, 2.24) is 10.1 Å². The molecule has 0 unspecified atom stereocenters. The summed E-state index contributed by atoms with van der Waals surface area (Å²) in [5.74, 6) is 0.842. The fourth-order valence-electron chi connectivity index (χ4n) is 1.10. The Bertz CT molecular complexity index is 279. The highest BCUT2D eigenvalue weighted by molar-refractivity contribution is 5.48. The van der Waals surface area contributed by atoms with E-state index in [9.17, 15) is 0 Å². The third kappa shape index (κ3) is 1.01. The van der Waals surface area contributed by atoms with E-state index in [0.29, 0.717) is 6.67 Å². The van der Waals surface area contributed by atoms with Crippen molar-refractivity contribution in [3.8, 4) is 0 Å². The molecule has 0 fully saturated rings. The summed E-state index contributed by atoms with van der Waals surface area (Å²) >= 11 is 0. The topological polar surface area (TPSA) is 55.3 Å². The second-order valence-corrected chi connectivity index (χ2v) is 2.46. The number of rotatable bonds is 1. The summed E-state index contributed by atoms with van der Waals surface area (Å²) in [5.41, 5.74) is 6.55. The molecule has 0 amide bonds. The molecule has 58 valence electrons. The van der Waals surface area contributed by atoms with Crippen LogP contribution >= 0.6 is 0 Å². The molecule has 1 aromatic heterocycles. The van der Waals surface area contributed by atoms with Gasteiger partial charge in [-0.05, 0) is 6.08 Å². The minimum atomic E-state index is 0.529. The van der Waals surface area contributed by atoms with Crippen LogP contribution in [0.1, 0.15) is 11.3 Å². The fourth-order valence-corrected chi connectivity index (χ4v) is 1.10. The van der Waals surface area contributed by atoms with Gasteiger partial charge in [0.25, 0.3) is 0 Å². The lowest BCUT2D eigenvalue weighted by atomic mass is 10.2. The lowest BCUT2D eigenvalue weighted by molar-refractivity contribution is 0.364. The molecule has 11 heavy (non-hydrogen) atoms. The Morgan fingerprint density at radius 1 is 1.73 bits per heavy atom. The Labute approximate surface area is 64.3 Å². The fraction of sp³-hybridized carbons (Fsp3) is 0.286. The SMILES string of the molecule is NCN1C=Cc2oncc2C1. The molecule has 2 N–H and O–H groups in total. The summed E-state index contributed by atoms with van der Waals surface area (Å²) in [7, 11) is 0. The van der Waals surface area contributed by atoms with Gasteiger partial charge in [0, 0.05) is 18.3 Å². The van der Waals surface area contributed by atoms with Crippen LogP contribution in [0, 0.1) is 0 Å². The second kappa shape index (κ2) is 2.39. The summed E-state index contributed by atoms with van der Waals surface area (Å²) in [5, 5.41) is 3.68. The quantitative estimate of drug-likeness (QED) is 0.630. The molecule has 4 heteroatoms. The van der Waals surface area contributed by atoms with E-state index in [2.05, 4.69) is 5.16 Å². The van der Waals surface area contributed by atoms with Gasteiger partial charge in [0.05, 0.1) is 12.9 Å². The van der Waals surface area contributed by atoms with E-state index >= 15 is 0 Å². The van der Waals surface area contributed by atoms with Gasteiger partial charge in [-0.2, -0.15) is 0 Å². The van der Waals surface area contributed by atoms with Crippen LogP contribution in [-0.2, 0) is 6.54 Å². The largest absolute Gasteiger partial charge is 0.360 e. The van der Waals surface area contributed by atoms with Crippen molar-refractivity contribution in [1.29, 1.82) is 0 Å². The van der Waals surface area contributed by atoms with Crippen molar-refractivity contribution in [2.45, 2.75) is 6.54 Å². The number of hydrogen-bond donors (Lipinski definition) is 1. The minimum Gasteiger partial charge on any atom is -0.360 e. The summed E-state index contributed by atoms with van der Waals surface area (Å²) in [4.78, 5) is 1.99. The average Bonchev–Trinajstić information content (AvgIpc) is 2.50. The van der Waals surface area contributed by atoms with Gasteiger partial charge in [-0.3, -0.25) is 0 Å². The summed E-state index contributed by atoms with van der Waals surface area (Å²) in [6.07, 6.45) is 5.51. The molecule has 2 rings (SSSR count). The highest BCUT2D eigenvalue weighted by Crippen LogP contribution is 2.17. The normalized spacial score (nSPS) is 15.2. The van der Waals surface area contributed by atoms with Crippen molar-refractivity contribution in [3.05, 3.63) is 23.7 Å². The number of hydrogen-bond acceptors (Lipinski definition) is 4. The predicted molar refractivity (Wildman–Crippen MR) is 40.1 cm³/mol. The minimum absolute atomic E-state index is 0.529. The first-order chi connectivity index (χ1) is 5.40. The molecule has 0 saturated heterocycles. The average molecular weight is 151 g/mol. The predicted octanol–water partition coefficient (Wildman–Crippen LogP) is 0.377. The highest BCUT2D eigenvalue weighted by atomic mass is 16.5. The molecular formula is C7H9N3O. The number of nitrogens with zero attached hydrogens (tertiary/aromatic N) is 2. The van der Waals surface area contributed by atoms with Gasteiger partial charge in [-0.15, -0.1) is 0 Å². The zero-order valence-corrected chi connectivity index (χ0v) is 6.03. The van der Waals surface area contributed by atoms with Gasteiger partial charge >= 0.3 is 0 Å². The molecule has 0 saturated carbocycles. The molecule has 1 aliphatic heterocycles. The molecule has 0 spiro atoms. The first-order valence-corrected chi connectivity index (χ1v) is 3.46. The molecule has 1 aliphatic rings. The molecule has 0 bridgehead atoms. The first kappa shape index (κ1) is 6.42. The molecule has 2 heterocycles. The lowest BCUT2D eigenvalue weighted by Gasteiger charge is -2.19. The Morgan fingerprint density at radius 2 is 2.64 bits per heavy atom. The maximum Gasteiger partial charge on any atom is 0.166 e. The Balaban J connectivity index is 2.29. The molecule has 1 aromatic rings. The number of fused-ring (bicyclic) bond motifs is 1. The molecule has 0 aliphatic carbocycles. The van der Waals surface area contributed by atoms with Crippen LogP contribution in [-0.4, -0.2) is 16.7 Å². The van der Waals surface area contributed by atoms with Gasteiger partial charge < -0.3 is 15.2 Å². The van der Waals surface area contributed by atoms with Crippen LogP contribution in [0.15, 0.2) is 16.9 Å². The van der Waals surface area contributed by atoms with Gasteiger partial charge in [0.1, 0.15) is 0 Å². The smallest absolute Gasteiger partial charge is 0.166 e. The first-order valence-electron chi connectivity index (χ1n) is 3.46. The van der Waals surface area contributed by atoms with Crippen LogP contribution in [0.25, 0.3) is 6.08 Å². The zero-order chi connectivity index (χ0) is 7.68. The lowest BCUT2D eigenvalue weighted by Crippen LogP contribution is -2.25. The van der Waals surface area contributed by atoms with Gasteiger partial charge in [-0.25, -0.2) is 0 Å². The van der Waals surface area contributed by atoms with E-state index in [1.54, 1.807) is 6.20 Å². The van der Waals surface area contributed by atoms with E-state index in [4.69, 9.17) is 10.3 Å². The van der Waals surface area contributed by atoms with Crippen LogP contribution in [0.4, 0.5) is 0 Å². The summed E-state index contributed by atoms with van der Waals surface area (Å²) in [6.45, 7) is 1.33. The third-order valence-electron chi connectivity index (χ3n) is 1.72. The van der Waals surface area contributed by atoms with E-state index in [-0.39, 0.29) is 0 Å². The van der Waals surface area contributed by atoms with Gasteiger partial charge in [-0.1, -0.05) is 5.16 Å². The Hall–Kier alpha value is -1.29. The van der Waals surface area contributed by atoms with Crippen LogP contribution in [0.5, 0.6) is 0 Å². The molecule has 0 aromatic carbocycles. The molecule has 0 radical (unpaired) electrons. The Morgan fingerprint density at radius 3 is 3.45 bits per heavy atom. The van der Waals surface area contributed by atoms with Crippen LogP contribution in [0.3, 0.4) is 0 Å². The van der Waals surface area contributed by atoms with E-state index < -0.39 is 0 Å². The van der Waals surface area contributed by atoms with E-state index in [1.165, 1.54) is 0 Å². The van der Waals surface area contributed by atoms with Crippen LogP contribution < -0.4 is 5.73 Å². The van der Waals surface area contributed by atoms with E-state index in [1.807, 2.05) is 17.2 Å². The van der Waals surface area contributed by atoms with Gasteiger partial charge in [0.2, 0.25) is 0 Å². The molecule has 4 nitrogen and oxygen atoms in total. The van der Waals surface area contributed by atoms with Crippen molar-refractivity contribution in [2.75, 3.05) is 6.67 Å². The molecule has 0 atom stereocenters.